The van der Waals surface area contributed by atoms with E-state index in [1.807, 2.05) is 4.90 Å². The van der Waals surface area contributed by atoms with Crippen LogP contribution in [-0.2, 0) is 4.74 Å². The molecule has 4 nitrogen and oxygen atoms in total. The molecule has 2 aliphatic rings. The number of ether oxygens (including phenoxy) is 1. The van der Waals surface area contributed by atoms with Crippen molar-refractivity contribution in [3.63, 3.8) is 0 Å². The first kappa shape index (κ1) is 11.7. The van der Waals surface area contributed by atoms with Gasteiger partial charge in [0.2, 0.25) is 0 Å². The molecule has 92 valence electrons. The van der Waals surface area contributed by atoms with E-state index < -0.39 is 0 Å². The molecule has 1 N–H and O–H groups in total. The van der Waals surface area contributed by atoms with Crippen molar-refractivity contribution >= 4 is 6.09 Å². The van der Waals surface area contributed by atoms with E-state index in [0.717, 1.165) is 45.4 Å². The van der Waals surface area contributed by atoms with Crippen LogP contribution < -0.4 is 5.32 Å². The summed E-state index contributed by atoms with van der Waals surface area (Å²) in [4.78, 5) is 13.7. The van der Waals surface area contributed by atoms with Gasteiger partial charge in [0.05, 0.1) is 6.61 Å². The fourth-order valence-corrected chi connectivity index (χ4v) is 2.39. The number of nitrogens with zero attached hydrogens (tertiary/aromatic N) is 1. The van der Waals surface area contributed by atoms with Crippen LogP contribution in [0.1, 0.15) is 32.1 Å². The van der Waals surface area contributed by atoms with E-state index in [1.54, 1.807) is 0 Å². The van der Waals surface area contributed by atoms with Crippen LogP contribution >= 0.6 is 0 Å². The van der Waals surface area contributed by atoms with Gasteiger partial charge in [0.15, 0.2) is 0 Å². The number of rotatable bonds is 2. The fraction of sp³-hybridized carbons (Fsp3) is 0.917. The monoisotopic (exact) mass is 226 g/mol. The number of nitrogens with one attached hydrogen (secondary N) is 1. The van der Waals surface area contributed by atoms with Crippen molar-refractivity contribution in [3.05, 3.63) is 0 Å². The highest BCUT2D eigenvalue weighted by Gasteiger charge is 2.20. The van der Waals surface area contributed by atoms with E-state index in [9.17, 15) is 4.79 Å². The molecule has 2 aliphatic heterocycles. The van der Waals surface area contributed by atoms with Gasteiger partial charge in [-0.15, -0.1) is 0 Å². The maximum Gasteiger partial charge on any atom is 0.409 e. The van der Waals surface area contributed by atoms with Crippen LogP contribution in [0, 0.1) is 5.92 Å². The summed E-state index contributed by atoms with van der Waals surface area (Å²) < 4.78 is 5.37. The highest BCUT2D eigenvalue weighted by atomic mass is 16.6. The van der Waals surface area contributed by atoms with Gasteiger partial charge in [0.1, 0.15) is 0 Å². The molecule has 1 amide bonds. The van der Waals surface area contributed by atoms with Crippen LogP contribution in [0.4, 0.5) is 4.79 Å². The minimum Gasteiger partial charge on any atom is -0.449 e. The van der Waals surface area contributed by atoms with Crippen LogP contribution in [0.2, 0.25) is 0 Å². The molecule has 2 rings (SSSR count). The summed E-state index contributed by atoms with van der Waals surface area (Å²) in [5.41, 5.74) is 0. The Labute approximate surface area is 97.3 Å². The summed E-state index contributed by atoms with van der Waals surface area (Å²) >= 11 is 0. The van der Waals surface area contributed by atoms with Gasteiger partial charge in [-0.05, 0) is 25.8 Å². The number of carbonyl (C=O) groups is 1. The second-order valence-electron chi connectivity index (χ2n) is 4.84. The highest BCUT2D eigenvalue weighted by molar-refractivity contribution is 5.67. The lowest BCUT2D eigenvalue weighted by Gasteiger charge is -2.20. The van der Waals surface area contributed by atoms with E-state index in [-0.39, 0.29) is 6.09 Å². The molecule has 4 heteroatoms. The number of amides is 1. The predicted octanol–water partition coefficient (Wildman–Crippen LogP) is 1.61. The van der Waals surface area contributed by atoms with Gasteiger partial charge in [-0.3, -0.25) is 0 Å². The summed E-state index contributed by atoms with van der Waals surface area (Å²) in [7, 11) is 0. The second kappa shape index (κ2) is 6.09. The van der Waals surface area contributed by atoms with Crippen molar-refractivity contribution < 1.29 is 9.53 Å². The number of hydrogen-bond acceptors (Lipinski definition) is 3. The SMILES string of the molecule is O=C(OCC1CCNC1)N1CCCCCC1. The van der Waals surface area contributed by atoms with Gasteiger partial charge < -0.3 is 15.0 Å². The zero-order valence-corrected chi connectivity index (χ0v) is 9.91. The van der Waals surface area contributed by atoms with E-state index in [4.69, 9.17) is 4.74 Å². The first-order valence-electron chi connectivity index (χ1n) is 6.48. The van der Waals surface area contributed by atoms with Gasteiger partial charge in [0.25, 0.3) is 0 Å². The van der Waals surface area contributed by atoms with E-state index >= 15 is 0 Å². The third-order valence-corrected chi connectivity index (χ3v) is 3.47. The van der Waals surface area contributed by atoms with Crippen molar-refractivity contribution in [2.75, 3.05) is 32.8 Å². The van der Waals surface area contributed by atoms with Crippen molar-refractivity contribution in [3.8, 4) is 0 Å². The van der Waals surface area contributed by atoms with Crippen LogP contribution in [0.15, 0.2) is 0 Å². The molecular formula is C12H22N2O2. The minimum absolute atomic E-state index is 0.103. The first-order valence-corrected chi connectivity index (χ1v) is 6.48. The van der Waals surface area contributed by atoms with Crippen molar-refractivity contribution in [1.29, 1.82) is 0 Å². The second-order valence-corrected chi connectivity index (χ2v) is 4.84. The zero-order chi connectivity index (χ0) is 11.2. The summed E-state index contributed by atoms with van der Waals surface area (Å²) in [5, 5.41) is 3.28. The normalized spacial score (nSPS) is 26.5. The average molecular weight is 226 g/mol. The van der Waals surface area contributed by atoms with Gasteiger partial charge in [-0.25, -0.2) is 4.79 Å². The largest absolute Gasteiger partial charge is 0.449 e. The lowest BCUT2D eigenvalue weighted by atomic mass is 10.1. The molecule has 16 heavy (non-hydrogen) atoms. The van der Waals surface area contributed by atoms with Crippen molar-refractivity contribution in [1.82, 2.24) is 10.2 Å². The van der Waals surface area contributed by atoms with Gasteiger partial charge >= 0.3 is 6.09 Å². The fourth-order valence-electron chi connectivity index (χ4n) is 2.39. The summed E-state index contributed by atoms with van der Waals surface area (Å²) in [5.74, 6) is 0.524. The van der Waals surface area contributed by atoms with Crippen LogP contribution in [0.3, 0.4) is 0 Å². The Balaban J connectivity index is 1.69. The molecule has 0 spiro atoms. The predicted molar refractivity (Wildman–Crippen MR) is 62.4 cm³/mol. The molecule has 0 bridgehead atoms. The smallest absolute Gasteiger partial charge is 0.409 e. The summed E-state index contributed by atoms with van der Waals surface area (Å²) in [6, 6.07) is 0. The molecule has 0 radical (unpaired) electrons. The van der Waals surface area contributed by atoms with Gasteiger partial charge in [-0.2, -0.15) is 0 Å². The quantitative estimate of drug-likeness (QED) is 0.777. The zero-order valence-electron chi connectivity index (χ0n) is 9.91. The third-order valence-electron chi connectivity index (χ3n) is 3.47. The standard InChI is InChI=1S/C12H22N2O2/c15-12(14-7-3-1-2-4-8-14)16-10-11-5-6-13-9-11/h11,13H,1-10H2. The molecule has 2 saturated heterocycles. The Bertz CT molecular complexity index is 219. The molecule has 0 aromatic heterocycles. The summed E-state index contributed by atoms with van der Waals surface area (Å²) in [6.45, 7) is 4.39. The first-order chi connectivity index (χ1) is 7.86. The lowest BCUT2D eigenvalue weighted by Crippen LogP contribution is -2.33. The molecule has 1 unspecified atom stereocenters. The van der Waals surface area contributed by atoms with Crippen LogP contribution in [-0.4, -0.2) is 43.8 Å². The molecule has 2 fully saturated rings. The van der Waals surface area contributed by atoms with Crippen molar-refractivity contribution in [2.45, 2.75) is 32.1 Å². The average Bonchev–Trinajstić information content (AvgIpc) is 2.66. The van der Waals surface area contributed by atoms with Crippen LogP contribution in [0.5, 0.6) is 0 Å². The number of carbonyl (C=O) groups excluding carboxylic acids is 1. The van der Waals surface area contributed by atoms with Gasteiger partial charge in [0, 0.05) is 25.6 Å². The molecule has 0 saturated carbocycles. The van der Waals surface area contributed by atoms with Gasteiger partial charge in [-0.1, -0.05) is 12.8 Å². The molecule has 1 atom stereocenters. The van der Waals surface area contributed by atoms with Crippen LogP contribution in [0.25, 0.3) is 0 Å². The minimum atomic E-state index is -0.103. The lowest BCUT2D eigenvalue weighted by molar-refractivity contribution is 0.0911. The maximum absolute atomic E-state index is 11.8. The molecule has 0 aromatic rings. The number of likely N-dealkylation sites (tertiary alicyclic amines) is 1. The Morgan fingerprint density at radius 2 is 2.00 bits per heavy atom. The van der Waals surface area contributed by atoms with Crippen molar-refractivity contribution in [2.24, 2.45) is 5.92 Å². The molecular weight excluding hydrogens is 204 g/mol. The van der Waals surface area contributed by atoms with E-state index in [2.05, 4.69) is 5.32 Å². The Hall–Kier alpha value is -0.770. The molecule has 0 aromatic carbocycles. The Morgan fingerprint density at radius 1 is 1.25 bits per heavy atom. The Kier molecular flexibility index (Phi) is 4.45. The third kappa shape index (κ3) is 3.37. The topological polar surface area (TPSA) is 41.6 Å². The maximum atomic E-state index is 11.8. The van der Waals surface area contributed by atoms with E-state index in [1.165, 1.54) is 12.8 Å². The highest BCUT2D eigenvalue weighted by Crippen LogP contribution is 2.12. The Morgan fingerprint density at radius 3 is 2.62 bits per heavy atom. The molecule has 0 aliphatic carbocycles. The molecule has 2 heterocycles. The van der Waals surface area contributed by atoms with E-state index in [0.29, 0.717) is 12.5 Å². The summed E-state index contributed by atoms with van der Waals surface area (Å²) in [6.07, 6.45) is 5.77. The number of hydrogen-bond donors (Lipinski definition) is 1.